The van der Waals surface area contributed by atoms with Crippen LogP contribution < -0.4 is 10.7 Å². The van der Waals surface area contributed by atoms with Crippen molar-refractivity contribution in [3.63, 3.8) is 0 Å². The van der Waals surface area contributed by atoms with Crippen LogP contribution >= 0.6 is 0 Å². The largest absolute Gasteiger partial charge is 0.379 e. The standard InChI is InChI=1S/C13H23N5O/c1-3-5-14-12-11(4-2)13(16-10-15-12)17-18-6-8-19-9-7-18/h10H,3-9H2,1-2H3,(H2,14,15,16,17). The number of anilines is 2. The van der Waals surface area contributed by atoms with Crippen molar-refractivity contribution in [1.29, 1.82) is 0 Å². The van der Waals surface area contributed by atoms with Crippen LogP contribution in [0.25, 0.3) is 0 Å². The summed E-state index contributed by atoms with van der Waals surface area (Å²) in [7, 11) is 0. The molecule has 1 fully saturated rings. The number of nitrogens with one attached hydrogen (secondary N) is 2. The highest BCUT2D eigenvalue weighted by molar-refractivity contribution is 5.56. The van der Waals surface area contributed by atoms with E-state index >= 15 is 0 Å². The number of nitrogens with zero attached hydrogens (tertiary/aromatic N) is 3. The van der Waals surface area contributed by atoms with Gasteiger partial charge in [-0.25, -0.2) is 15.0 Å². The molecule has 2 heterocycles. The molecule has 19 heavy (non-hydrogen) atoms. The van der Waals surface area contributed by atoms with Gasteiger partial charge in [-0.2, -0.15) is 0 Å². The molecule has 0 aliphatic carbocycles. The molecular formula is C13H23N5O. The minimum absolute atomic E-state index is 0.764. The van der Waals surface area contributed by atoms with Crippen LogP contribution in [0.4, 0.5) is 11.6 Å². The highest BCUT2D eigenvalue weighted by atomic mass is 16.5. The van der Waals surface area contributed by atoms with E-state index in [0.29, 0.717) is 0 Å². The van der Waals surface area contributed by atoms with E-state index in [1.54, 1.807) is 6.33 Å². The Bertz CT molecular complexity index is 393. The molecule has 1 aliphatic heterocycles. The molecule has 1 aromatic rings. The predicted molar refractivity (Wildman–Crippen MR) is 76.2 cm³/mol. The van der Waals surface area contributed by atoms with Crippen LogP contribution in [0.1, 0.15) is 25.8 Å². The van der Waals surface area contributed by atoms with Gasteiger partial charge in [-0.1, -0.05) is 13.8 Å². The highest BCUT2D eigenvalue weighted by Gasteiger charge is 2.14. The van der Waals surface area contributed by atoms with Crippen molar-refractivity contribution in [3.05, 3.63) is 11.9 Å². The number of rotatable bonds is 6. The van der Waals surface area contributed by atoms with Gasteiger partial charge in [0.1, 0.15) is 18.0 Å². The lowest BCUT2D eigenvalue weighted by atomic mass is 10.2. The first-order chi connectivity index (χ1) is 9.35. The van der Waals surface area contributed by atoms with Crippen molar-refractivity contribution >= 4 is 11.6 Å². The number of hydrogen-bond acceptors (Lipinski definition) is 6. The Morgan fingerprint density at radius 1 is 1.21 bits per heavy atom. The number of aromatic nitrogens is 2. The van der Waals surface area contributed by atoms with Crippen LogP contribution in [-0.4, -0.2) is 47.8 Å². The van der Waals surface area contributed by atoms with Crippen LogP contribution in [-0.2, 0) is 11.2 Å². The lowest BCUT2D eigenvalue weighted by Gasteiger charge is -2.28. The number of ether oxygens (including phenoxy) is 1. The van der Waals surface area contributed by atoms with Gasteiger partial charge in [-0.05, 0) is 12.8 Å². The SMILES string of the molecule is CCCNc1ncnc(NN2CCOCC2)c1CC. The summed E-state index contributed by atoms with van der Waals surface area (Å²) in [6.45, 7) is 8.49. The lowest BCUT2D eigenvalue weighted by Crippen LogP contribution is -2.40. The second kappa shape index (κ2) is 7.25. The summed E-state index contributed by atoms with van der Waals surface area (Å²) in [6, 6.07) is 0. The average Bonchev–Trinajstić information content (AvgIpc) is 2.46. The Balaban J connectivity index is 2.09. The van der Waals surface area contributed by atoms with Crippen molar-refractivity contribution in [2.75, 3.05) is 43.6 Å². The van der Waals surface area contributed by atoms with E-state index < -0.39 is 0 Å². The molecule has 1 saturated heterocycles. The molecule has 106 valence electrons. The smallest absolute Gasteiger partial charge is 0.149 e. The zero-order valence-electron chi connectivity index (χ0n) is 11.8. The highest BCUT2D eigenvalue weighted by Crippen LogP contribution is 2.21. The molecule has 0 radical (unpaired) electrons. The van der Waals surface area contributed by atoms with Gasteiger partial charge in [0.05, 0.1) is 13.2 Å². The van der Waals surface area contributed by atoms with Gasteiger partial charge in [0.25, 0.3) is 0 Å². The van der Waals surface area contributed by atoms with Crippen LogP contribution in [0.2, 0.25) is 0 Å². The maximum atomic E-state index is 5.34. The van der Waals surface area contributed by atoms with E-state index in [4.69, 9.17) is 4.74 Å². The van der Waals surface area contributed by atoms with Crippen molar-refractivity contribution in [2.24, 2.45) is 0 Å². The zero-order valence-corrected chi connectivity index (χ0v) is 11.8. The molecule has 1 aromatic heterocycles. The van der Waals surface area contributed by atoms with Crippen LogP contribution in [0.5, 0.6) is 0 Å². The molecular weight excluding hydrogens is 242 g/mol. The van der Waals surface area contributed by atoms with E-state index in [1.165, 1.54) is 0 Å². The number of hydrazine groups is 1. The van der Waals surface area contributed by atoms with Crippen molar-refractivity contribution in [3.8, 4) is 0 Å². The first-order valence-corrected chi connectivity index (χ1v) is 7.02. The third-order valence-electron chi connectivity index (χ3n) is 3.12. The molecule has 0 amide bonds. The van der Waals surface area contributed by atoms with Crippen LogP contribution in [0.3, 0.4) is 0 Å². The van der Waals surface area contributed by atoms with E-state index in [0.717, 1.165) is 62.9 Å². The van der Waals surface area contributed by atoms with Crippen molar-refractivity contribution < 1.29 is 4.74 Å². The predicted octanol–water partition coefficient (Wildman–Crippen LogP) is 1.52. The fraction of sp³-hybridized carbons (Fsp3) is 0.692. The third-order valence-corrected chi connectivity index (χ3v) is 3.12. The fourth-order valence-electron chi connectivity index (χ4n) is 2.06. The van der Waals surface area contributed by atoms with Crippen molar-refractivity contribution in [2.45, 2.75) is 26.7 Å². The lowest BCUT2D eigenvalue weighted by molar-refractivity contribution is 0.0494. The molecule has 0 aromatic carbocycles. The number of hydrogen-bond donors (Lipinski definition) is 2. The molecule has 2 rings (SSSR count). The normalized spacial score (nSPS) is 16.3. The molecule has 0 atom stereocenters. The summed E-state index contributed by atoms with van der Waals surface area (Å²) in [5.74, 6) is 1.84. The molecule has 2 N–H and O–H groups in total. The molecule has 0 unspecified atom stereocenters. The van der Waals surface area contributed by atoms with Gasteiger partial charge < -0.3 is 15.5 Å². The van der Waals surface area contributed by atoms with Crippen LogP contribution in [0.15, 0.2) is 6.33 Å². The molecule has 0 spiro atoms. The van der Waals surface area contributed by atoms with Gasteiger partial charge in [0.15, 0.2) is 0 Å². The van der Waals surface area contributed by atoms with Gasteiger partial charge >= 0.3 is 0 Å². The Kier molecular flexibility index (Phi) is 5.35. The average molecular weight is 265 g/mol. The number of morpholine rings is 1. The summed E-state index contributed by atoms with van der Waals surface area (Å²) >= 11 is 0. The maximum absolute atomic E-state index is 5.34. The third kappa shape index (κ3) is 3.78. The Morgan fingerprint density at radius 3 is 2.63 bits per heavy atom. The van der Waals surface area contributed by atoms with Gasteiger partial charge in [-0.3, -0.25) is 0 Å². The quantitative estimate of drug-likeness (QED) is 0.813. The summed E-state index contributed by atoms with van der Waals surface area (Å²) < 4.78 is 5.34. The summed E-state index contributed by atoms with van der Waals surface area (Å²) in [6.07, 6.45) is 3.60. The van der Waals surface area contributed by atoms with Crippen molar-refractivity contribution in [1.82, 2.24) is 15.0 Å². The van der Waals surface area contributed by atoms with E-state index in [1.807, 2.05) is 0 Å². The molecule has 6 nitrogen and oxygen atoms in total. The molecule has 6 heteroatoms. The first-order valence-electron chi connectivity index (χ1n) is 7.02. The molecule has 0 bridgehead atoms. The van der Waals surface area contributed by atoms with E-state index in [9.17, 15) is 0 Å². The molecule has 1 aliphatic rings. The van der Waals surface area contributed by atoms with E-state index in [2.05, 4.69) is 39.6 Å². The van der Waals surface area contributed by atoms with Gasteiger partial charge in [-0.15, -0.1) is 0 Å². The summed E-state index contributed by atoms with van der Waals surface area (Å²) in [5, 5.41) is 5.50. The molecule has 0 saturated carbocycles. The second-order valence-electron chi connectivity index (χ2n) is 4.54. The minimum Gasteiger partial charge on any atom is -0.379 e. The van der Waals surface area contributed by atoms with Gasteiger partial charge in [0, 0.05) is 25.2 Å². The minimum atomic E-state index is 0.764. The Labute approximate surface area is 114 Å². The second-order valence-corrected chi connectivity index (χ2v) is 4.54. The summed E-state index contributed by atoms with van der Waals surface area (Å²) in [4.78, 5) is 8.70. The maximum Gasteiger partial charge on any atom is 0.149 e. The van der Waals surface area contributed by atoms with Crippen LogP contribution in [0, 0.1) is 0 Å². The monoisotopic (exact) mass is 265 g/mol. The fourth-order valence-corrected chi connectivity index (χ4v) is 2.06. The summed E-state index contributed by atoms with van der Waals surface area (Å²) in [5.41, 5.74) is 4.52. The first kappa shape index (κ1) is 14.0. The Hall–Kier alpha value is -1.40. The topological polar surface area (TPSA) is 62.3 Å². The van der Waals surface area contributed by atoms with E-state index in [-0.39, 0.29) is 0 Å². The Morgan fingerprint density at radius 2 is 1.95 bits per heavy atom. The van der Waals surface area contributed by atoms with Gasteiger partial charge in [0.2, 0.25) is 0 Å². The zero-order chi connectivity index (χ0) is 13.5.